The molecular weight excluding hydrogens is 244 g/mol. The fourth-order valence-corrected chi connectivity index (χ4v) is 2.12. The number of anilines is 1. The van der Waals surface area contributed by atoms with Gasteiger partial charge >= 0.3 is 0 Å². The zero-order valence-corrected chi connectivity index (χ0v) is 10.5. The van der Waals surface area contributed by atoms with Crippen LogP contribution in [0.25, 0.3) is 11.1 Å². The molecule has 0 fully saturated rings. The number of amides is 1. The summed E-state index contributed by atoms with van der Waals surface area (Å²) in [6.45, 7) is 0.776. The third-order valence-corrected chi connectivity index (χ3v) is 3.00. The van der Waals surface area contributed by atoms with E-state index in [-0.39, 0.29) is 12.5 Å². The van der Waals surface area contributed by atoms with E-state index >= 15 is 0 Å². The van der Waals surface area contributed by atoms with Gasteiger partial charge in [-0.15, -0.1) is 0 Å². The quantitative estimate of drug-likeness (QED) is 0.771. The number of benzene rings is 1. The number of nitrogens with zero attached hydrogens (tertiary/aromatic N) is 1. The van der Waals surface area contributed by atoms with Crippen LogP contribution in [0.1, 0.15) is 5.69 Å². The van der Waals surface area contributed by atoms with Crippen molar-refractivity contribution in [1.82, 2.24) is 15.5 Å². The summed E-state index contributed by atoms with van der Waals surface area (Å²) < 4.78 is 5.34. The third-order valence-electron chi connectivity index (χ3n) is 3.00. The number of carbonyl (C=O) groups excluding carboxylic acids is 1. The van der Waals surface area contributed by atoms with Gasteiger partial charge in [-0.3, -0.25) is 9.89 Å². The molecule has 0 aliphatic carbocycles. The van der Waals surface area contributed by atoms with E-state index in [2.05, 4.69) is 20.8 Å². The highest BCUT2D eigenvalue weighted by atomic mass is 16.5. The Kier molecular flexibility index (Phi) is 2.92. The third kappa shape index (κ3) is 2.17. The Labute approximate surface area is 110 Å². The first-order valence-corrected chi connectivity index (χ1v) is 6.02. The lowest BCUT2D eigenvalue weighted by Gasteiger charge is -2.18. The number of carbonyl (C=O) groups is 1. The molecule has 0 saturated carbocycles. The lowest BCUT2D eigenvalue weighted by molar-refractivity contribution is -0.118. The molecule has 0 atom stereocenters. The number of nitrogens with one attached hydrogen (secondary N) is 3. The Balaban J connectivity index is 1.99. The molecule has 1 aliphatic rings. The van der Waals surface area contributed by atoms with Crippen LogP contribution in [0.15, 0.2) is 24.4 Å². The standard InChI is InChI=1S/C13H14N4O2/c1-14-6-11-9(5-15-17-11)8-2-3-12-10(4-8)16-13(18)7-19-12/h2-5,14H,6-7H2,1H3,(H,15,17)(H,16,18). The Morgan fingerprint density at radius 1 is 1.47 bits per heavy atom. The van der Waals surface area contributed by atoms with E-state index < -0.39 is 0 Å². The van der Waals surface area contributed by atoms with Gasteiger partial charge in [0, 0.05) is 12.1 Å². The number of hydrogen-bond acceptors (Lipinski definition) is 4. The minimum absolute atomic E-state index is 0.0725. The molecular formula is C13H14N4O2. The Bertz CT molecular complexity index is 621. The van der Waals surface area contributed by atoms with Gasteiger partial charge < -0.3 is 15.4 Å². The van der Waals surface area contributed by atoms with E-state index in [4.69, 9.17) is 4.74 Å². The molecule has 0 spiro atoms. The number of ether oxygens (including phenoxy) is 1. The van der Waals surface area contributed by atoms with Crippen LogP contribution in [0.5, 0.6) is 5.75 Å². The van der Waals surface area contributed by atoms with Gasteiger partial charge in [0.1, 0.15) is 5.75 Å². The van der Waals surface area contributed by atoms with Gasteiger partial charge in [0.2, 0.25) is 0 Å². The predicted octanol–water partition coefficient (Wildman–Crippen LogP) is 1.13. The van der Waals surface area contributed by atoms with Crippen molar-refractivity contribution in [3.63, 3.8) is 0 Å². The molecule has 2 heterocycles. The summed E-state index contributed by atoms with van der Waals surface area (Å²) in [6.07, 6.45) is 1.78. The minimum Gasteiger partial charge on any atom is -0.482 e. The van der Waals surface area contributed by atoms with Crippen LogP contribution in [0.4, 0.5) is 5.69 Å². The van der Waals surface area contributed by atoms with E-state index in [0.717, 1.165) is 16.8 Å². The maximum Gasteiger partial charge on any atom is 0.262 e. The molecule has 1 aliphatic heterocycles. The van der Waals surface area contributed by atoms with Crippen molar-refractivity contribution >= 4 is 11.6 Å². The number of fused-ring (bicyclic) bond motifs is 1. The summed E-state index contributed by atoms with van der Waals surface area (Å²) in [6, 6.07) is 5.72. The maximum atomic E-state index is 11.3. The van der Waals surface area contributed by atoms with Crippen molar-refractivity contribution in [1.29, 1.82) is 0 Å². The van der Waals surface area contributed by atoms with Crippen LogP contribution in [0, 0.1) is 0 Å². The van der Waals surface area contributed by atoms with Crippen LogP contribution in [-0.2, 0) is 11.3 Å². The Morgan fingerprint density at radius 2 is 2.37 bits per heavy atom. The van der Waals surface area contributed by atoms with Gasteiger partial charge in [0.25, 0.3) is 5.91 Å². The predicted molar refractivity (Wildman–Crippen MR) is 70.9 cm³/mol. The average Bonchev–Trinajstić information content (AvgIpc) is 2.86. The first-order valence-electron chi connectivity index (χ1n) is 6.02. The number of H-pyrrole nitrogens is 1. The summed E-state index contributed by atoms with van der Waals surface area (Å²) >= 11 is 0. The first-order chi connectivity index (χ1) is 9.28. The van der Waals surface area contributed by atoms with E-state index in [1.165, 1.54) is 0 Å². The molecule has 0 unspecified atom stereocenters. The van der Waals surface area contributed by atoms with E-state index in [9.17, 15) is 4.79 Å². The summed E-state index contributed by atoms with van der Waals surface area (Å²) in [4.78, 5) is 11.3. The first kappa shape index (κ1) is 11.7. The number of rotatable bonds is 3. The zero-order chi connectivity index (χ0) is 13.2. The maximum absolute atomic E-state index is 11.3. The molecule has 3 N–H and O–H groups in total. The van der Waals surface area contributed by atoms with Gasteiger partial charge in [-0.2, -0.15) is 5.10 Å². The molecule has 0 radical (unpaired) electrons. The van der Waals surface area contributed by atoms with E-state index in [1.807, 2.05) is 25.2 Å². The molecule has 3 rings (SSSR count). The van der Waals surface area contributed by atoms with Gasteiger partial charge in [0.05, 0.1) is 17.6 Å². The Morgan fingerprint density at radius 3 is 3.21 bits per heavy atom. The molecule has 0 saturated heterocycles. The van der Waals surface area contributed by atoms with Crippen LogP contribution in [0.3, 0.4) is 0 Å². The molecule has 0 bridgehead atoms. The summed E-state index contributed by atoms with van der Waals surface area (Å²) in [5.74, 6) is 0.564. The lowest BCUT2D eigenvalue weighted by Crippen LogP contribution is -2.25. The highest BCUT2D eigenvalue weighted by Gasteiger charge is 2.17. The minimum atomic E-state index is -0.132. The van der Waals surface area contributed by atoms with Crippen molar-refractivity contribution in [3.05, 3.63) is 30.1 Å². The average molecular weight is 258 g/mol. The Hall–Kier alpha value is -2.34. The van der Waals surface area contributed by atoms with Crippen LogP contribution in [0.2, 0.25) is 0 Å². The molecule has 6 heteroatoms. The largest absolute Gasteiger partial charge is 0.482 e. The fraction of sp³-hybridized carbons (Fsp3) is 0.231. The zero-order valence-electron chi connectivity index (χ0n) is 10.5. The van der Waals surface area contributed by atoms with Gasteiger partial charge in [-0.25, -0.2) is 0 Å². The van der Waals surface area contributed by atoms with Crippen LogP contribution >= 0.6 is 0 Å². The molecule has 6 nitrogen and oxygen atoms in total. The highest BCUT2D eigenvalue weighted by Crippen LogP contribution is 2.33. The SMILES string of the molecule is CNCc1[nH]ncc1-c1ccc2c(c1)NC(=O)CO2. The van der Waals surface area contributed by atoms with Crippen molar-refractivity contribution in [2.45, 2.75) is 6.54 Å². The van der Waals surface area contributed by atoms with Crippen LogP contribution in [-0.4, -0.2) is 29.8 Å². The molecule has 2 aromatic rings. The fourth-order valence-electron chi connectivity index (χ4n) is 2.12. The number of aromatic nitrogens is 2. The smallest absolute Gasteiger partial charge is 0.262 e. The molecule has 19 heavy (non-hydrogen) atoms. The lowest BCUT2D eigenvalue weighted by atomic mass is 10.0. The van der Waals surface area contributed by atoms with E-state index in [1.54, 1.807) is 6.20 Å². The van der Waals surface area contributed by atoms with Crippen molar-refractivity contribution in [2.24, 2.45) is 0 Å². The number of hydrogen-bond donors (Lipinski definition) is 3. The topological polar surface area (TPSA) is 79.0 Å². The van der Waals surface area contributed by atoms with Gasteiger partial charge in [0.15, 0.2) is 6.61 Å². The summed E-state index contributed by atoms with van der Waals surface area (Å²) in [5, 5.41) is 12.9. The highest BCUT2D eigenvalue weighted by molar-refractivity contribution is 5.96. The summed E-state index contributed by atoms with van der Waals surface area (Å²) in [5.41, 5.74) is 3.70. The van der Waals surface area contributed by atoms with Crippen molar-refractivity contribution in [3.8, 4) is 16.9 Å². The molecule has 98 valence electrons. The molecule has 1 amide bonds. The van der Waals surface area contributed by atoms with Crippen molar-refractivity contribution < 1.29 is 9.53 Å². The summed E-state index contributed by atoms with van der Waals surface area (Å²) in [7, 11) is 1.88. The molecule has 1 aromatic heterocycles. The second-order valence-electron chi connectivity index (χ2n) is 4.34. The van der Waals surface area contributed by atoms with Crippen molar-refractivity contribution in [2.75, 3.05) is 19.0 Å². The molecule has 1 aromatic carbocycles. The van der Waals surface area contributed by atoms with E-state index in [0.29, 0.717) is 18.0 Å². The van der Waals surface area contributed by atoms with Gasteiger partial charge in [-0.1, -0.05) is 6.07 Å². The second-order valence-corrected chi connectivity index (χ2v) is 4.34. The normalized spacial score (nSPS) is 13.6. The monoisotopic (exact) mass is 258 g/mol. The van der Waals surface area contributed by atoms with Gasteiger partial charge in [-0.05, 0) is 24.7 Å². The second kappa shape index (κ2) is 4.74. The number of aromatic amines is 1. The van der Waals surface area contributed by atoms with Crippen LogP contribution < -0.4 is 15.4 Å².